The highest BCUT2D eigenvalue weighted by Gasteiger charge is 2.39. The van der Waals surface area contributed by atoms with Crippen molar-refractivity contribution in [2.45, 2.75) is 154 Å². The summed E-state index contributed by atoms with van der Waals surface area (Å²) in [6.45, 7) is 3.21. The van der Waals surface area contributed by atoms with E-state index < -0.39 is 50.6 Å². The number of carbonyl (C=O) groups excluding carboxylic acids is 3. The van der Waals surface area contributed by atoms with E-state index in [1.807, 2.05) is 12.2 Å². The molecule has 0 aromatic rings. The van der Waals surface area contributed by atoms with Crippen molar-refractivity contribution in [1.29, 1.82) is 0 Å². The van der Waals surface area contributed by atoms with Crippen LogP contribution in [0.2, 0.25) is 0 Å². The van der Waals surface area contributed by atoms with E-state index in [0.29, 0.717) is 32.1 Å². The van der Waals surface area contributed by atoms with Gasteiger partial charge in [-0.2, -0.15) is 0 Å². The molecular formula is C43H72NO11P. The van der Waals surface area contributed by atoms with E-state index >= 15 is 0 Å². The first-order chi connectivity index (χ1) is 27.0. The summed E-state index contributed by atoms with van der Waals surface area (Å²) in [4.78, 5) is 47.5. The zero-order valence-electron chi connectivity index (χ0n) is 34.1. The number of ether oxygens (including phenoxy) is 2. The smallest absolute Gasteiger partial charge is 0.462 e. The normalized spacial score (nSPS) is 19.9. The lowest BCUT2D eigenvalue weighted by Crippen LogP contribution is -2.29. The van der Waals surface area contributed by atoms with Crippen molar-refractivity contribution in [1.82, 2.24) is 0 Å². The molecule has 0 saturated heterocycles. The number of phosphoric acid groups is 1. The van der Waals surface area contributed by atoms with Crippen molar-refractivity contribution >= 4 is 25.5 Å². The molecule has 0 heterocycles. The molecule has 0 aromatic carbocycles. The van der Waals surface area contributed by atoms with Crippen LogP contribution in [-0.2, 0) is 37.5 Å². The van der Waals surface area contributed by atoms with Crippen molar-refractivity contribution in [2.24, 2.45) is 17.6 Å². The first-order valence-corrected chi connectivity index (χ1v) is 22.4. The maximum Gasteiger partial charge on any atom is 0.472 e. The van der Waals surface area contributed by atoms with Gasteiger partial charge in [-0.3, -0.25) is 23.4 Å². The lowest BCUT2D eigenvalue weighted by atomic mass is 9.90. The Morgan fingerprint density at radius 1 is 0.821 bits per heavy atom. The number of nitrogens with two attached hydrogens (primary N) is 1. The molecule has 0 spiro atoms. The minimum Gasteiger partial charge on any atom is -0.462 e. The van der Waals surface area contributed by atoms with Crippen LogP contribution >= 0.6 is 7.82 Å². The number of phosphoric ester groups is 1. The van der Waals surface area contributed by atoms with Crippen LogP contribution in [0.4, 0.5) is 0 Å². The monoisotopic (exact) mass is 809 g/mol. The Labute approximate surface area is 336 Å². The van der Waals surface area contributed by atoms with E-state index in [2.05, 4.69) is 50.3 Å². The Bertz CT molecular complexity index is 1260. The van der Waals surface area contributed by atoms with Gasteiger partial charge in [0.25, 0.3) is 0 Å². The van der Waals surface area contributed by atoms with Crippen LogP contribution in [0.25, 0.3) is 0 Å². The molecule has 0 aromatic heterocycles. The molecule has 5 N–H and O–H groups in total. The lowest BCUT2D eigenvalue weighted by molar-refractivity contribution is -0.161. The zero-order valence-corrected chi connectivity index (χ0v) is 35.0. The predicted octanol–water partition coefficient (Wildman–Crippen LogP) is 8.30. The van der Waals surface area contributed by atoms with E-state index in [-0.39, 0.29) is 50.7 Å². The summed E-state index contributed by atoms with van der Waals surface area (Å²) in [6, 6.07) is 0. The van der Waals surface area contributed by atoms with Gasteiger partial charge in [0.15, 0.2) is 6.10 Å². The average molecular weight is 810 g/mol. The Morgan fingerprint density at radius 3 is 2.11 bits per heavy atom. The molecule has 320 valence electrons. The highest BCUT2D eigenvalue weighted by molar-refractivity contribution is 7.47. The number of aliphatic hydroxyl groups excluding tert-OH is 2. The number of hydrogen-bond donors (Lipinski definition) is 4. The first kappa shape index (κ1) is 51.3. The van der Waals surface area contributed by atoms with Crippen molar-refractivity contribution in [3.8, 4) is 0 Å². The maximum atomic E-state index is 12.7. The molecule has 1 aliphatic rings. The number of rotatable bonds is 34. The minimum absolute atomic E-state index is 0.00265. The van der Waals surface area contributed by atoms with Crippen LogP contribution in [0.15, 0.2) is 60.8 Å². The topological polar surface area (TPSA) is 192 Å². The van der Waals surface area contributed by atoms with E-state index in [1.54, 1.807) is 12.2 Å². The van der Waals surface area contributed by atoms with E-state index in [4.69, 9.17) is 24.3 Å². The molecule has 1 rings (SSSR count). The van der Waals surface area contributed by atoms with Crippen molar-refractivity contribution in [3.05, 3.63) is 60.8 Å². The molecular weight excluding hydrogens is 737 g/mol. The summed E-state index contributed by atoms with van der Waals surface area (Å²) >= 11 is 0. The number of unbranched alkanes of at least 4 members (excludes halogenated alkanes) is 8. The Hall–Kier alpha value is -2.70. The molecule has 1 aliphatic carbocycles. The largest absolute Gasteiger partial charge is 0.472 e. The Morgan fingerprint density at radius 2 is 1.43 bits per heavy atom. The van der Waals surface area contributed by atoms with Gasteiger partial charge in [0, 0.05) is 37.6 Å². The Balaban J connectivity index is 2.48. The highest BCUT2D eigenvalue weighted by atomic mass is 31.2. The van der Waals surface area contributed by atoms with Crippen molar-refractivity contribution in [2.75, 3.05) is 26.4 Å². The summed E-state index contributed by atoms with van der Waals surface area (Å²) < 4.78 is 32.6. The predicted molar refractivity (Wildman–Crippen MR) is 220 cm³/mol. The fourth-order valence-electron chi connectivity index (χ4n) is 6.03. The molecule has 12 nitrogen and oxygen atoms in total. The molecule has 0 bridgehead atoms. The van der Waals surface area contributed by atoms with Crippen LogP contribution in [0.3, 0.4) is 0 Å². The molecule has 1 unspecified atom stereocenters. The molecule has 1 fully saturated rings. The molecule has 6 atom stereocenters. The lowest BCUT2D eigenvalue weighted by Gasteiger charge is -2.19. The number of carbonyl (C=O) groups is 3. The van der Waals surface area contributed by atoms with Crippen molar-refractivity contribution < 1.29 is 52.6 Å². The SMILES string of the molecule is CCCCC/C=C\C/C=C\C/C=C\CCCCC(=O)OC[C@H](COP(=O)(O)OCCN)OC(=O)CCC/C=C\C[C@H]1[C@@H](O)CC(=O)[C@@H]1/C=C/[C@@H](O)CCCCC. The third kappa shape index (κ3) is 27.0. The fraction of sp³-hybridized carbons (Fsp3) is 0.698. The van der Waals surface area contributed by atoms with Crippen LogP contribution < -0.4 is 5.73 Å². The summed E-state index contributed by atoms with van der Waals surface area (Å²) in [7, 11) is -4.46. The standard InChI is InChI=1S/C43H72NO11P/c1-3-5-7-8-9-10-11-12-13-14-15-16-17-18-23-27-42(48)52-34-37(35-54-56(50,51)53-32-31-44)55-43(49)28-24-20-19-22-26-38-39(41(47)33-40(38)46)30-29-36(45)25-21-6-4-2/h9-10,12-13,15-16,19,22,29-30,36-40,45-46H,3-8,11,14,17-18,20-21,23-28,31-35,44H2,1-2H3,(H,50,51)/b10-9-,13-12-,16-15-,22-19-,30-29+/t36-,37+,38+,39+,40-/m0/s1. The van der Waals surface area contributed by atoms with E-state index in [0.717, 1.165) is 51.4 Å². The third-order valence-corrected chi connectivity index (χ3v) is 10.2. The maximum absolute atomic E-state index is 12.7. The number of aliphatic hydroxyl groups is 2. The number of allylic oxidation sites excluding steroid dienone is 9. The second-order valence-corrected chi connectivity index (χ2v) is 15.7. The minimum atomic E-state index is -4.46. The molecule has 1 saturated carbocycles. The number of esters is 2. The van der Waals surface area contributed by atoms with Gasteiger partial charge in [-0.1, -0.05) is 107 Å². The summed E-state index contributed by atoms with van der Waals surface area (Å²) in [6.07, 6.45) is 32.0. The quantitative estimate of drug-likeness (QED) is 0.0211. The second-order valence-electron chi connectivity index (χ2n) is 14.3. The molecule has 13 heteroatoms. The molecule has 0 amide bonds. The summed E-state index contributed by atoms with van der Waals surface area (Å²) in [5, 5.41) is 20.7. The van der Waals surface area contributed by atoms with Gasteiger partial charge in [-0.15, -0.1) is 0 Å². The van der Waals surface area contributed by atoms with Crippen molar-refractivity contribution in [3.63, 3.8) is 0 Å². The first-order valence-electron chi connectivity index (χ1n) is 20.9. The Kier molecular flexibility index (Phi) is 30.5. The van der Waals surface area contributed by atoms with Gasteiger partial charge in [0.2, 0.25) is 0 Å². The summed E-state index contributed by atoms with van der Waals surface area (Å²) in [5.41, 5.74) is 5.33. The molecule has 56 heavy (non-hydrogen) atoms. The van der Waals surface area contributed by atoms with Crippen LogP contribution in [0.1, 0.15) is 136 Å². The van der Waals surface area contributed by atoms with Gasteiger partial charge in [0.05, 0.1) is 25.4 Å². The number of hydrogen-bond acceptors (Lipinski definition) is 11. The fourth-order valence-corrected chi connectivity index (χ4v) is 6.80. The van der Waals surface area contributed by atoms with Crippen LogP contribution in [-0.4, -0.2) is 77.5 Å². The molecule has 0 aliphatic heterocycles. The average Bonchev–Trinajstić information content (AvgIpc) is 3.44. The number of ketones is 1. The third-order valence-electron chi connectivity index (χ3n) is 9.25. The summed E-state index contributed by atoms with van der Waals surface area (Å²) in [5.74, 6) is -1.85. The van der Waals surface area contributed by atoms with Gasteiger partial charge >= 0.3 is 19.8 Å². The van der Waals surface area contributed by atoms with E-state index in [1.165, 1.54) is 19.3 Å². The number of Topliss-reactive ketones (excluding diaryl/α,β-unsaturated/α-hetero) is 1. The zero-order chi connectivity index (χ0) is 41.3. The highest BCUT2D eigenvalue weighted by Crippen LogP contribution is 2.43. The van der Waals surface area contributed by atoms with Gasteiger partial charge in [0.1, 0.15) is 12.4 Å². The van der Waals surface area contributed by atoms with Gasteiger partial charge in [-0.25, -0.2) is 4.57 Å². The molecule has 0 radical (unpaired) electrons. The van der Waals surface area contributed by atoms with Gasteiger partial charge < -0.3 is 30.3 Å². The second kappa shape index (κ2) is 33.3. The van der Waals surface area contributed by atoms with E-state index in [9.17, 15) is 34.1 Å². The van der Waals surface area contributed by atoms with Crippen LogP contribution in [0, 0.1) is 11.8 Å². The van der Waals surface area contributed by atoms with Crippen LogP contribution in [0.5, 0.6) is 0 Å². The van der Waals surface area contributed by atoms with Gasteiger partial charge in [-0.05, 0) is 70.6 Å².